The van der Waals surface area contributed by atoms with Crippen molar-refractivity contribution >= 4 is 17.7 Å². The summed E-state index contributed by atoms with van der Waals surface area (Å²) in [6, 6.07) is 4.03. The maximum atomic E-state index is 10.4. The molecular weight excluding hydrogens is 196 g/mol. The van der Waals surface area contributed by atoms with E-state index in [1.165, 1.54) is 28.5 Å². The Kier molecular flexibility index (Phi) is 3.58. The van der Waals surface area contributed by atoms with Crippen LogP contribution in [0.25, 0.3) is 0 Å². The van der Waals surface area contributed by atoms with E-state index >= 15 is 0 Å². The summed E-state index contributed by atoms with van der Waals surface area (Å²) in [5.41, 5.74) is 3.69. The van der Waals surface area contributed by atoms with Crippen molar-refractivity contribution in [1.29, 1.82) is 0 Å². The number of carbonyl (C=O) groups is 1. The molecule has 1 aromatic carbocycles. The van der Waals surface area contributed by atoms with Crippen molar-refractivity contribution < 1.29 is 9.90 Å². The molecule has 0 amide bonds. The van der Waals surface area contributed by atoms with Crippen LogP contribution in [0, 0.1) is 20.8 Å². The van der Waals surface area contributed by atoms with Gasteiger partial charge < -0.3 is 5.11 Å². The Morgan fingerprint density at radius 2 is 1.93 bits per heavy atom. The molecule has 0 bridgehead atoms. The van der Waals surface area contributed by atoms with Crippen molar-refractivity contribution in [1.82, 2.24) is 0 Å². The van der Waals surface area contributed by atoms with E-state index in [0.29, 0.717) is 0 Å². The van der Waals surface area contributed by atoms with Gasteiger partial charge in [0.05, 0.1) is 5.75 Å². The number of aliphatic carboxylic acids is 1. The third-order valence-electron chi connectivity index (χ3n) is 2.36. The minimum atomic E-state index is -0.771. The molecule has 0 aliphatic heterocycles. The van der Waals surface area contributed by atoms with Gasteiger partial charge in [-0.25, -0.2) is 0 Å². The summed E-state index contributed by atoms with van der Waals surface area (Å²) in [5.74, 6) is -0.642. The van der Waals surface area contributed by atoms with Crippen molar-refractivity contribution in [2.75, 3.05) is 5.75 Å². The van der Waals surface area contributed by atoms with Gasteiger partial charge in [0, 0.05) is 4.90 Å². The van der Waals surface area contributed by atoms with Crippen LogP contribution in [0.3, 0.4) is 0 Å². The lowest BCUT2D eigenvalue weighted by Crippen LogP contribution is -1.98. The van der Waals surface area contributed by atoms with E-state index in [1.807, 2.05) is 19.1 Å². The molecule has 0 atom stereocenters. The standard InChI is InChI=1S/C11H14O2S/c1-7-4-5-10(9(3)8(7)2)14-6-11(12)13/h4-5H,6H2,1-3H3,(H,12,13). The normalized spacial score (nSPS) is 10.2. The number of hydrogen-bond donors (Lipinski definition) is 1. The second-order valence-corrected chi connectivity index (χ2v) is 4.33. The Hall–Kier alpha value is -0.960. The SMILES string of the molecule is Cc1ccc(SCC(=O)O)c(C)c1C. The quantitative estimate of drug-likeness (QED) is 0.779. The molecule has 0 saturated carbocycles. The van der Waals surface area contributed by atoms with Crippen molar-refractivity contribution in [3.63, 3.8) is 0 Å². The van der Waals surface area contributed by atoms with E-state index in [-0.39, 0.29) is 5.75 Å². The zero-order chi connectivity index (χ0) is 10.7. The van der Waals surface area contributed by atoms with Gasteiger partial charge in [0.15, 0.2) is 0 Å². The van der Waals surface area contributed by atoms with Crippen molar-refractivity contribution in [2.24, 2.45) is 0 Å². The number of rotatable bonds is 3. The maximum absolute atomic E-state index is 10.4. The third-order valence-corrected chi connectivity index (χ3v) is 3.50. The number of carboxylic acid groups (broad SMARTS) is 1. The first-order chi connectivity index (χ1) is 6.52. The van der Waals surface area contributed by atoms with Crippen LogP contribution in [0.2, 0.25) is 0 Å². The van der Waals surface area contributed by atoms with Crippen LogP contribution < -0.4 is 0 Å². The fourth-order valence-electron chi connectivity index (χ4n) is 1.23. The molecule has 1 aromatic rings. The lowest BCUT2D eigenvalue weighted by Gasteiger charge is -2.09. The Morgan fingerprint density at radius 1 is 1.29 bits per heavy atom. The fourth-order valence-corrected chi connectivity index (χ4v) is 2.04. The van der Waals surface area contributed by atoms with Crippen LogP contribution in [0.1, 0.15) is 16.7 Å². The van der Waals surface area contributed by atoms with E-state index in [2.05, 4.69) is 13.8 Å². The summed E-state index contributed by atoms with van der Waals surface area (Å²) < 4.78 is 0. The van der Waals surface area contributed by atoms with Crippen LogP contribution in [0.4, 0.5) is 0 Å². The zero-order valence-electron chi connectivity index (χ0n) is 8.63. The molecule has 0 unspecified atom stereocenters. The predicted octanol–water partition coefficient (Wildman–Crippen LogP) is 2.79. The van der Waals surface area contributed by atoms with Gasteiger partial charge in [-0.3, -0.25) is 4.79 Å². The number of carboxylic acids is 1. The van der Waals surface area contributed by atoms with E-state index in [1.54, 1.807) is 0 Å². The largest absolute Gasteiger partial charge is 0.481 e. The van der Waals surface area contributed by atoms with Crippen LogP contribution >= 0.6 is 11.8 Å². The van der Waals surface area contributed by atoms with E-state index in [9.17, 15) is 4.79 Å². The lowest BCUT2D eigenvalue weighted by molar-refractivity contribution is -0.133. The highest BCUT2D eigenvalue weighted by atomic mass is 32.2. The third kappa shape index (κ3) is 2.51. The number of thioether (sulfide) groups is 1. The number of benzene rings is 1. The molecule has 3 heteroatoms. The lowest BCUT2D eigenvalue weighted by atomic mass is 10.1. The molecule has 0 aliphatic carbocycles. The van der Waals surface area contributed by atoms with Crippen LogP contribution in [-0.4, -0.2) is 16.8 Å². The Balaban J connectivity index is 2.88. The van der Waals surface area contributed by atoms with Gasteiger partial charge in [-0.15, -0.1) is 11.8 Å². The smallest absolute Gasteiger partial charge is 0.313 e. The summed E-state index contributed by atoms with van der Waals surface area (Å²) in [5, 5.41) is 8.57. The highest BCUT2D eigenvalue weighted by molar-refractivity contribution is 8.00. The topological polar surface area (TPSA) is 37.3 Å². The summed E-state index contributed by atoms with van der Waals surface area (Å²) in [7, 11) is 0. The number of hydrogen-bond acceptors (Lipinski definition) is 2. The minimum Gasteiger partial charge on any atom is -0.481 e. The minimum absolute atomic E-state index is 0.128. The molecule has 0 spiro atoms. The van der Waals surface area contributed by atoms with Crippen LogP contribution in [-0.2, 0) is 4.79 Å². The van der Waals surface area contributed by atoms with Crippen molar-refractivity contribution in [2.45, 2.75) is 25.7 Å². The van der Waals surface area contributed by atoms with Crippen molar-refractivity contribution in [3.8, 4) is 0 Å². The van der Waals surface area contributed by atoms with Crippen LogP contribution in [0.15, 0.2) is 17.0 Å². The summed E-state index contributed by atoms with van der Waals surface area (Å²) in [6.07, 6.45) is 0. The predicted molar refractivity (Wildman–Crippen MR) is 59.0 cm³/mol. The summed E-state index contributed by atoms with van der Waals surface area (Å²) in [4.78, 5) is 11.5. The average molecular weight is 210 g/mol. The number of aryl methyl sites for hydroxylation is 1. The second kappa shape index (κ2) is 4.51. The first-order valence-corrected chi connectivity index (χ1v) is 5.42. The molecule has 0 fully saturated rings. The Morgan fingerprint density at radius 3 is 2.50 bits per heavy atom. The molecule has 0 aromatic heterocycles. The molecule has 0 radical (unpaired) electrons. The molecule has 0 aliphatic rings. The summed E-state index contributed by atoms with van der Waals surface area (Å²) in [6.45, 7) is 6.16. The highest BCUT2D eigenvalue weighted by Gasteiger charge is 2.05. The maximum Gasteiger partial charge on any atom is 0.313 e. The van der Waals surface area contributed by atoms with Gasteiger partial charge >= 0.3 is 5.97 Å². The monoisotopic (exact) mass is 210 g/mol. The van der Waals surface area contributed by atoms with Crippen molar-refractivity contribution in [3.05, 3.63) is 28.8 Å². The van der Waals surface area contributed by atoms with Gasteiger partial charge in [-0.05, 0) is 43.5 Å². The molecule has 2 nitrogen and oxygen atoms in total. The first kappa shape index (κ1) is 11.1. The molecule has 14 heavy (non-hydrogen) atoms. The molecule has 0 heterocycles. The van der Waals surface area contributed by atoms with Gasteiger partial charge in [0.2, 0.25) is 0 Å². The highest BCUT2D eigenvalue weighted by Crippen LogP contribution is 2.26. The second-order valence-electron chi connectivity index (χ2n) is 3.31. The molecule has 1 N–H and O–H groups in total. The van der Waals surface area contributed by atoms with Gasteiger partial charge in [0.25, 0.3) is 0 Å². The Bertz CT molecular complexity index is 359. The molecule has 1 rings (SSSR count). The average Bonchev–Trinajstić information content (AvgIpc) is 2.13. The van der Waals surface area contributed by atoms with Gasteiger partial charge in [0.1, 0.15) is 0 Å². The van der Waals surface area contributed by atoms with Gasteiger partial charge in [-0.2, -0.15) is 0 Å². The molecular formula is C11H14O2S. The van der Waals surface area contributed by atoms with E-state index < -0.39 is 5.97 Å². The van der Waals surface area contributed by atoms with E-state index in [0.717, 1.165) is 4.90 Å². The Labute approximate surface area is 88.3 Å². The zero-order valence-corrected chi connectivity index (χ0v) is 9.44. The molecule has 0 saturated heterocycles. The fraction of sp³-hybridized carbons (Fsp3) is 0.364. The first-order valence-electron chi connectivity index (χ1n) is 4.43. The summed E-state index contributed by atoms with van der Waals surface area (Å²) >= 11 is 1.38. The van der Waals surface area contributed by atoms with Crippen LogP contribution in [0.5, 0.6) is 0 Å². The van der Waals surface area contributed by atoms with Gasteiger partial charge in [-0.1, -0.05) is 6.07 Å². The molecule has 76 valence electrons. The van der Waals surface area contributed by atoms with E-state index in [4.69, 9.17) is 5.11 Å².